The Kier molecular flexibility index (Phi) is 6.38. The van der Waals surface area contributed by atoms with Crippen molar-refractivity contribution in [3.05, 3.63) is 64.9 Å². The first kappa shape index (κ1) is 18.1. The summed E-state index contributed by atoms with van der Waals surface area (Å²) in [5.41, 5.74) is 2.18. The third kappa shape index (κ3) is 5.16. The molecule has 0 bridgehead atoms. The van der Waals surface area contributed by atoms with Gasteiger partial charge in [0.2, 0.25) is 0 Å². The van der Waals surface area contributed by atoms with E-state index in [0.717, 1.165) is 31.2 Å². The summed E-state index contributed by atoms with van der Waals surface area (Å²) in [6, 6.07) is 12.5. The quantitative estimate of drug-likeness (QED) is 0.497. The van der Waals surface area contributed by atoms with Crippen LogP contribution in [-0.2, 0) is 13.0 Å². The molecule has 2 N–H and O–H groups in total. The second-order valence-electron chi connectivity index (χ2n) is 6.20. The van der Waals surface area contributed by atoms with Crippen LogP contribution >= 0.6 is 11.3 Å². The number of thiophene rings is 1. The predicted molar refractivity (Wildman–Crippen MR) is 107 cm³/mol. The van der Waals surface area contributed by atoms with Crippen LogP contribution in [0, 0.1) is 5.92 Å². The van der Waals surface area contributed by atoms with E-state index in [-0.39, 0.29) is 0 Å². The van der Waals surface area contributed by atoms with Gasteiger partial charge in [-0.15, -0.1) is 11.3 Å². The van der Waals surface area contributed by atoms with E-state index in [4.69, 9.17) is 0 Å². The Morgan fingerprint density at radius 1 is 1.23 bits per heavy atom. The Morgan fingerprint density at radius 2 is 2.08 bits per heavy atom. The van der Waals surface area contributed by atoms with Gasteiger partial charge >= 0.3 is 0 Å². The first-order valence-electron chi connectivity index (χ1n) is 8.65. The summed E-state index contributed by atoms with van der Waals surface area (Å²) in [7, 11) is 1.80. The Hall–Kier alpha value is -2.67. The molecule has 136 valence electrons. The maximum Gasteiger partial charge on any atom is 0.191 e. The Balaban J connectivity index is 1.45. The van der Waals surface area contributed by atoms with E-state index in [9.17, 15) is 0 Å². The van der Waals surface area contributed by atoms with Crippen molar-refractivity contribution in [1.82, 2.24) is 25.4 Å². The molecule has 3 aromatic rings. The Morgan fingerprint density at radius 3 is 2.73 bits per heavy atom. The van der Waals surface area contributed by atoms with Gasteiger partial charge in [0, 0.05) is 25.0 Å². The maximum absolute atomic E-state index is 4.30. The summed E-state index contributed by atoms with van der Waals surface area (Å²) in [6.45, 7) is 3.86. The van der Waals surface area contributed by atoms with Crippen molar-refractivity contribution in [1.29, 1.82) is 0 Å². The van der Waals surface area contributed by atoms with Gasteiger partial charge < -0.3 is 10.6 Å². The van der Waals surface area contributed by atoms with Gasteiger partial charge in [0.25, 0.3) is 0 Å². The zero-order chi connectivity index (χ0) is 18.2. The van der Waals surface area contributed by atoms with Gasteiger partial charge in [0.05, 0.1) is 5.69 Å². The first-order valence-corrected chi connectivity index (χ1v) is 9.53. The molecule has 2 aromatic heterocycles. The van der Waals surface area contributed by atoms with Gasteiger partial charge in [-0.1, -0.05) is 25.1 Å². The Labute approximate surface area is 158 Å². The first-order chi connectivity index (χ1) is 12.7. The molecule has 0 amide bonds. The number of nitrogens with zero attached hydrogens (tertiary/aromatic N) is 4. The fourth-order valence-electron chi connectivity index (χ4n) is 2.63. The standard InChI is InChI=1S/C19H24N6S/c1-15(10-18-4-3-9-26-18)11-22-19(20-2)23-12-16-5-7-17(8-6-16)25-14-21-13-24-25/h3-9,13-15H,10-12H2,1-2H3,(H2,20,22,23). The van der Waals surface area contributed by atoms with E-state index in [1.54, 1.807) is 18.1 Å². The molecule has 6 nitrogen and oxygen atoms in total. The number of nitrogens with one attached hydrogen (secondary N) is 2. The van der Waals surface area contributed by atoms with E-state index >= 15 is 0 Å². The highest BCUT2D eigenvalue weighted by Gasteiger charge is 2.06. The number of aliphatic imine (C=N–C) groups is 1. The van der Waals surface area contributed by atoms with Crippen LogP contribution < -0.4 is 10.6 Å². The van der Waals surface area contributed by atoms with E-state index in [1.165, 1.54) is 16.8 Å². The topological polar surface area (TPSA) is 67.1 Å². The summed E-state index contributed by atoms with van der Waals surface area (Å²) in [4.78, 5) is 9.70. The molecule has 0 aliphatic carbocycles. The highest BCUT2D eigenvalue weighted by molar-refractivity contribution is 7.09. The molecular formula is C19H24N6S. The van der Waals surface area contributed by atoms with Gasteiger partial charge in [0.15, 0.2) is 5.96 Å². The summed E-state index contributed by atoms with van der Waals surface area (Å²) < 4.78 is 1.74. The van der Waals surface area contributed by atoms with Gasteiger partial charge in [0.1, 0.15) is 12.7 Å². The molecule has 26 heavy (non-hydrogen) atoms. The monoisotopic (exact) mass is 368 g/mol. The van der Waals surface area contributed by atoms with Crippen molar-refractivity contribution >= 4 is 17.3 Å². The molecule has 3 rings (SSSR count). The highest BCUT2D eigenvalue weighted by atomic mass is 32.1. The SMILES string of the molecule is CN=C(NCc1ccc(-n2cncn2)cc1)NCC(C)Cc1cccs1. The van der Waals surface area contributed by atoms with E-state index in [2.05, 4.69) is 62.3 Å². The number of hydrogen-bond donors (Lipinski definition) is 2. The molecule has 0 saturated carbocycles. The lowest BCUT2D eigenvalue weighted by Gasteiger charge is -2.15. The average molecular weight is 369 g/mol. The van der Waals surface area contributed by atoms with Crippen LogP contribution in [0.1, 0.15) is 17.4 Å². The molecule has 7 heteroatoms. The molecule has 0 aliphatic rings. The smallest absolute Gasteiger partial charge is 0.191 e. The normalized spacial score (nSPS) is 12.8. The predicted octanol–water partition coefficient (Wildman–Crippen LogP) is 2.87. The van der Waals surface area contributed by atoms with Crippen LogP contribution in [0.5, 0.6) is 0 Å². The number of guanidine groups is 1. The minimum atomic E-state index is 0.550. The molecule has 1 aromatic carbocycles. The average Bonchev–Trinajstić information content (AvgIpc) is 3.36. The van der Waals surface area contributed by atoms with E-state index in [0.29, 0.717) is 5.92 Å². The number of benzene rings is 1. The minimum Gasteiger partial charge on any atom is -0.356 e. The minimum absolute atomic E-state index is 0.550. The van der Waals surface area contributed by atoms with Gasteiger partial charge in [-0.25, -0.2) is 9.67 Å². The van der Waals surface area contributed by atoms with Crippen molar-refractivity contribution in [2.75, 3.05) is 13.6 Å². The molecule has 0 spiro atoms. The van der Waals surface area contributed by atoms with Crippen LogP contribution in [0.3, 0.4) is 0 Å². The zero-order valence-corrected chi connectivity index (χ0v) is 15.9. The van der Waals surface area contributed by atoms with Crippen molar-refractivity contribution in [3.8, 4) is 5.69 Å². The Bertz CT molecular complexity index is 793. The second-order valence-corrected chi connectivity index (χ2v) is 7.23. The summed E-state index contributed by atoms with van der Waals surface area (Å²) >= 11 is 1.82. The third-order valence-electron chi connectivity index (χ3n) is 4.05. The molecule has 0 aliphatic heterocycles. The molecule has 1 atom stereocenters. The molecule has 0 fully saturated rings. The summed E-state index contributed by atoms with van der Waals surface area (Å²) in [6.07, 6.45) is 4.31. The van der Waals surface area contributed by atoms with Gasteiger partial charge in [-0.05, 0) is 41.5 Å². The maximum atomic E-state index is 4.30. The lowest BCUT2D eigenvalue weighted by Crippen LogP contribution is -2.39. The van der Waals surface area contributed by atoms with Crippen molar-refractivity contribution < 1.29 is 0 Å². The molecule has 1 unspecified atom stereocenters. The van der Waals surface area contributed by atoms with Gasteiger partial charge in [-0.3, -0.25) is 4.99 Å². The lowest BCUT2D eigenvalue weighted by atomic mass is 10.1. The largest absolute Gasteiger partial charge is 0.356 e. The molecular weight excluding hydrogens is 344 g/mol. The van der Waals surface area contributed by atoms with Gasteiger partial charge in [-0.2, -0.15) is 5.10 Å². The van der Waals surface area contributed by atoms with Crippen molar-refractivity contribution in [3.63, 3.8) is 0 Å². The summed E-state index contributed by atoms with van der Waals surface area (Å²) in [5.74, 6) is 1.37. The lowest BCUT2D eigenvalue weighted by molar-refractivity contribution is 0.562. The second kappa shape index (κ2) is 9.15. The van der Waals surface area contributed by atoms with Crippen LogP contribution in [-0.4, -0.2) is 34.3 Å². The van der Waals surface area contributed by atoms with Crippen molar-refractivity contribution in [2.24, 2.45) is 10.9 Å². The fourth-order valence-corrected chi connectivity index (χ4v) is 3.50. The van der Waals surface area contributed by atoms with Crippen LogP contribution in [0.4, 0.5) is 0 Å². The van der Waals surface area contributed by atoms with E-state index in [1.807, 2.05) is 23.5 Å². The molecule has 0 saturated heterocycles. The third-order valence-corrected chi connectivity index (χ3v) is 4.95. The van der Waals surface area contributed by atoms with Crippen LogP contribution in [0.25, 0.3) is 5.69 Å². The molecule has 2 heterocycles. The fraction of sp³-hybridized carbons (Fsp3) is 0.316. The number of hydrogen-bond acceptors (Lipinski definition) is 4. The van der Waals surface area contributed by atoms with Crippen molar-refractivity contribution in [2.45, 2.75) is 19.9 Å². The highest BCUT2D eigenvalue weighted by Crippen LogP contribution is 2.13. The van der Waals surface area contributed by atoms with E-state index < -0.39 is 0 Å². The van der Waals surface area contributed by atoms with Crippen LogP contribution in [0.15, 0.2) is 59.4 Å². The molecule has 0 radical (unpaired) electrons. The van der Waals surface area contributed by atoms with Crippen LogP contribution in [0.2, 0.25) is 0 Å². The zero-order valence-electron chi connectivity index (χ0n) is 15.1. The summed E-state index contributed by atoms with van der Waals surface area (Å²) in [5, 5.41) is 13.0. The number of aromatic nitrogens is 3. The number of rotatable bonds is 7.